The van der Waals surface area contributed by atoms with Crippen LogP contribution >= 0.6 is 69.5 Å². The Kier molecular flexibility index (Phi) is 8.43. The van der Waals surface area contributed by atoms with Crippen molar-refractivity contribution in [3.63, 3.8) is 0 Å². The molecule has 0 saturated heterocycles. The third-order valence-electron chi connectivity index (χ3n) is 3.94. The van der Waals surface area contributed by atoms with Gasteiger partial charge in [0.05, 0.1) is 37.0 Å². The summed E-state index contributed by atoms with van der Waals surface area (Å²) in [6, 6.07) is 6.60. The van der Waals surface area contributed by atoms with Crippen LogP contribution in [0.4, 0.5) is 10.8 Å². The largest absolute Gasteiger partial charge is 0.478 e. The van der Waals surface area contributed by atoms with Gasteiger partial charge in [0, 0.05) is 10.6 Å². The van der Waals surface area contributed by atoms with Gasteiger partial charge in [0.2, 0.25) is 11.0 Å². The summed E-state index contributed by atoms with van der Waals surface area (Å²) < 4.78 is 0. The highest BCUT2D eigenvalue weighted by molar-refractivity contribution is 8.00. The van der Waals surface area contributed by atoms with Crippen LogP contribution in [0.15, 0.2) is 29.2 Å². The number of aromatic carboxylic acids is 1. The first-order valence-electron chi connectivity index (χ1n) is 8.82. The Morgan fingerprint density at radius 2 is 1.67 bits per heavy atom. The van der Waals surface area contributed by atoms with Gasteiger partial charge in [-0.3, -0.25) is 14.9 Å². The molecule has 0 radical (unpaired) electrons. The summed E-state index contributed by atoms with van der Waals surface area (Å²) in [5.74, 6) is -2.52. The number of halogens is 4. The Labute approximate surface area is 215 Å². The number of benzene rings is 2. The summed E-state index contributed by atoms with van der Waals surface area (Å²) in [5, 5.41) is 22.3. The zero-order chi connectivity index (χ0) is 24.3. The number of hydrogen-bond donors (Lipinski definition) is 3. The second-order valence-corrected chi connectivity index (χ2v) is 10.00. The fraction of sp³-hybridized carbons (Fsp3) is 0.105. The number of anilines is 2. The second-order valence-electron chi connectivity index (χ2n) is 6.26. The van der Waals surface area contributed by atoms with Crippen molar-refractivity contribution in [1.29, 1.82) is 0 Å². The Hall–Kier alpha value is -2.08. The van der Waals surface area contributed by atoms with Crippen molar-refractivity contribution in [1.82, 2.24) is 10.2 Å². The predicted octanol–water partition coefficient (Wildman–Crippen LogP) is 6.14. The molecule has 1 aromatic heterocycles. The lowest BCUT2D eigenvalue weighted by atomic mass is 10.1. The molecule has 3 rings (SSSR count). The van der Waals surface area contributed by atoms with Crippen molar-refractivity contribution in [3.8, 4) is 0 Å². The Bertz CT molecular complexity index is 1270. The lowest BCUT2D eigenvalue weighted by Crippen LogP contribution is -2.18. The standard InChI is InChI=1S/C19H12Cl4N4O4S2/c1-7-26-27-19(33-7)25-10(28)6-32-9-4-2-3-8(5-9)24-17(29)11-12(18(30)31)14(21)16(23)15(22)13(11)20/h2-5H,6H2,1H3,(H,24,29)(H,30,31)(H,25,27,28). The number of thioether (sulfide) groups is 1. The summed E-state index contributed by atoms with van der Waals surface area (Å²) in [6.45, 7) is 1.78. The third-order valence-corrected chi connectivity index (χ3v) is 7.49. The predicted molar refractivity (Wildman–Crippen MR) is 132 cm³/mol. The molecule has 3 N–H and O–H groups in total. The minimum atomic E-state index is -1.49. The van der Waals surface area contributed by atoms with Crippen molar-refractivity contribution in [3.05, 3.63) is 60.5 Å². The fourth-order valence-corrected chi connectivity index (χ4v) is 4.94. The maximum atomic E-state index is 12.9. The van der Waals surface area contributed by atoms with Crippen LogP contribution < -0.4 is 10.6 Å². The topological polar surface area (TPSA) is 121 Å². The first-order chi connectivity index (χ1) is 15.6. The molecule has 0 saturated carbocycles. The van der Waals surface area contributed by atoms with Gasteiger partial charge in [-0.2, -0.15) is 0 Å². The van der Waals surface area contributed by atoms with E-state index in [1.165, 1.54) is 23.1 Å². The third kappa shape index (κ3) is 6.08. The molecule has 33 heavy (non-hydrogen) atoms. The maximum absolute atomic E-state index is 12.9. The van der Waals surface area contributed by atoms with Crippen molar-refractivity contribution < 1.29 is 19.5 Å². The van der Waals surface area contributed by atoms with Gasteiger partial charge in [-0.1, -0.05) is 63.8 Å². The SMILES string of the molecule is Cc1nnc(NC(=O)CSc2cccc(NC(=O)c3c(Cl)c(Cl)c(Cl)c(Cl)c3C(=O)O)c2)s1. The number of carboxylic acid groups (broad SMARTS) is 1. The van der Waals surface area contributed by atoms with Gasteiger partial charge in [0.15, 0.2) is 0 Å². The van der Waals surface area contributed by atoms with Gasteiger partial charge in [-0.05, 0) is 25.1 Å². The van der Waals surface area contributed by atoms with E-state index in [1.54, 1.807) is 31.2 Å². The molecule has 0 aliphatic rings. The molecule has 8 nitrogen and oxygen atoms in total. The molecule has 0 fully saturated rings. The monoisotopic (exact) mass is 564 g/mol. The fourth-order valence-electron chi connectivity index (χ4n) is 2.55. The number of aryl methyl sites for hydroxylation is 1. The van der Waals surface area contributed by atoms with E-state index >= 15 is 0 Å². The normalized spacial score (nSPS) is 10.7. The Morgan fingerprint density at radius 1 is 1.00 bits per heavy atom. The van der Waals surface area contributed by atoms with Crippen LogP contribution in [0.5, 0.6) is 0 Å². The molecule has 0 aliphatic heterocycles. The lowest BCUT2D eigenvalue weighted by Gasteiger charge is -2.14. The number of rotatable bonds is 7. The van der Waals surface area contributed by atoms with E-state index in [0.29, 0.717) is 15.7 Å². The van der Waals surface area contributed by atoms with E-state index in [-0.39, 0.29) is 26.7 Å². The van der Waals surface area contributed by atoms with Gasteiger partial charge in [-0.15, -0.1) is 22.0 Å². The summed E-state index contributed by atoms with van der Waals surface area (Å²) in [7, 11) is 0. The molecular weight excluding hydrogens is 554 g/mol. The Balaban J connectivity index is 1.75. The molecule has 3 aromatic rings. The number of carbonyl (C=O) groups is 3. The highest BCUT2D eigenvalue weighted by atomic mass is 35.5. The number of nitrogens with zero attached hydrogens (tertiary/aromatic N) is 2. The van der Waals surface area contributed by atoms with E-state index in [2.05, 4.69) is 20.8 Å². The van der Waals surface area contributed by atoms with Gasteiger partial charge in [-0.25, -0.2) is 4.79 Å². The molecule has 0 aliphatic carbocycles. The first-order valence-corrected chi connectivity index (χ1v) is 12.1. The number of aromatic nitrogens is 2. The summed E-state index contributed by atoms with van der Waals surface area (Å²) in [4.78, 5) is 37.3. The zero-order valence-electron chi connectivity index (χ0n) is 16.4. The molecule has 0 unspecified atom stereocenters. The average molecular weight is 566 g/mol. The molecule has 14 heteroatoms. The van der Waals surface area contributed by atoms with E-state index in [9.17, 15) is 19.5 Å². The minimum Gasteiger partial charge on any atom is -0.478 e. The lowest BCUT2D eigenvalue weighted by molar-refractivity contribution is -0.113. The molecule has 2 aromatic carbocycles. The van der Waals surface area contributed by atoms with Crippen molar-refractivity contribution >= 4 is 98.1 Å². The van der Waals surface area contributed by atoms with Gasteiger partial charge >= 0.3 is 5.97 Å². The number of amides is 2. The van der Waals surface area contributed by atoms with Crippen molar-refractivity contribution in [2.75, 3.05) is 16.4 Å². The second kappa shape index (κ2) is 10.9. The van der Waals surface area contributed by atoms with E-state index in [1.807, 2.05) is 0 Å². The van der Waals surface area contributed by atoms with Crippen LogP contribution in [-0.4, -0.2) is 38.8 Å². The maximum Gasteiger partial charge on any atom is 0.338 e. The number of nitrogens with one attached hydrogen (secondary N) is 2. The van der Waals surface area contributed by atoms with Crippen LogP contribution in [0.3, 0.4) is 0 Å². The highest BCUT2D eigenvalue weighted by Gasteiger charge is 2.29. The molecule has 2 amide bonds. The quantitative estimate of drug-likeness (QED) is 0.179. The van der Waals surface area contributed by atoms with Crippen molar-refractivity contribution in [2.45, 2.75) is 11.8 Å². The number of carbonyl (C=O) groups excluding carboxylic acids is 2. The molecule has 0 spiro atoms. The highest BCUT2D eigenvalue weighted by Crippen LogP contribution is 2.41. The minimum absolute atomic E-state index is 0.0907. The van der Waals surface area contributed by atoms with E-state index in [0.717, 1.165) is 5.01 Å². The van der Waals surface area contributed by atoms with Crippen LogP contribution in [0.25, 0.3) is 0 Å². The van der Waals surface area contributed by atoms with Crippen LogP contribution in [-0.2, 0) is 4.79 Å². The summed E-state index contributed by atoms with van der Waals surface area (Å²) in [6.07, 6.45) is 0. The van der Waals surface area contributed by atoms with E-state index in [4.69, 9.17) is 46.4 Å². The molecule has 1 heterocycles. The van der Waals surface area contributed by atoms with Gasteiger partial charge < -0.3 is 10.4 Å². The van der Waals surface area contributed by atoms with Crippen LogP contribution in [0.2, 0.25) is 20.1 Å². The van der Waals surface area contributed by atoms with Crippen molar-refractivity contribution in [2.24, 2.45) is 0 Å². The molecule has 0 atom stereocenters. The Morgan fingerprint density at radius 3 is 2.27 bits per heavy atom. The number of carboxylic acids is 1. The number of hydrogen-bond acceptors (Lipinski definition) is 7. The summed E-state index contributed by atoms with van der Waals surface area (Å²) >= 11 is 26.5. The van der Waals surface area contributed by atoms with Gasteiger partial charge in [0.25, 0.3) is 5.91 Å². The van der Waals surface area contributed by atoms with Gasteiger partial charge in [0.1, 0.15) is 5.01 Å². The molecule has 0 bridgehead atoms. The van der Waals surface area contributed by atoms with Crippen LogP contribution in [0.1, 0.15) is 25.7 Å². The molecule has 172 valence electrons. The smallest absolute Gasteiger partial charge is 0.338 e. The van der Waals surface area contributed by atoms with E-state index < -0.39 is 28.0 Å². The van der Waals surface area contributed by atoms with Crippen LogP contribution in [0, 0.1) is 6.92 Å². The average Bonchev–Trinajstić information content (AvgIpc) is 3.17. The summed E-state index contributed by atoms with van der Waals surface area (Å²) in [5.41, 5.74) is -0.657. The molecular formula is C19H12Cl4N4O4S2. The zero-order valence-corrected chi connectivity index (χ0v) is 21.1. The first kappa shape index (κ1) is 25.5.